The van der Waals surface area contributed by atoms with Gasteiger partial charge in [0, 0.05) is 0 Å². The number of benzene rings is 2. The van der Waals surface area contributed by atoms with E-state index in [1.54, 1.807) is 0 Å². The molecular formula is C13H12. The first kappa shape index (κ1) is 2.98. The average Bonchev–Trinajstić information content (AvgIpc) is 2.46. The molecule has 0 aliphatic rings. The van der Waals surface area contributed by atoms with Crippen LogP contribution < -0.4 is 0 Å². The Kier molecular flexibility index (Phi) is 0.790. The van der Waals surface area contributed by atoms with E-state index in [1.165, 1.54) is 13.0 Å². The fourth-order valence-electron chi connectivity index (χ4n) is 0.933. The summed E-state index contributed by atoms with van der Waals surface area (Å²) in [7, 11) is 0. The molecule has 0 saturated heterocycles. The molecule has 0 radical (unpaired) electrons. The van der Waals surface area contributed by atoms with Crippen molar-refractivity contribution in [2.45, 2.75) is 6.92 Å². The highest BCUT2D eigenvalue weighted by Crippen LogP contribution is 2.18. The maximum absolute atomic E-state index is 7.95. The summed E-state index contributed by atoms with van der Waals surface area (Å²) < 4.78 is 62.1. The van der Waals surface area contributed by atoms with Gasteiger partial charge >= 0.3 is 0 Å². The van der Waals surface area contributed by atoms with E-state index < -0.39 is 30.2 Å². The van der Waals surface area contributed by atoms with Crippen molar-refractivity contribution in [2.24, 2.45) is 0 Å². The zero-order valence-electron chi connectivity index (χ0n) is 15.1. The normalized spacial score (nSPS) is 18.5. The van der Waals surface area contributed by atoms with Gasteiger partial charge in [0.25, 0.3) is 0 Å². The Morgan fingerprint density at radius 1 is 0.846 bits per heavy atom. The van der Waals surface area contributed by atoms with E-state index in [0.29, 0.717) is 5.56 Å². The van der Waals surface area contributed by atoms with Crippen LogP contribution in [0.3, 0.4) is 0 Å². The van der Waals surface area contributed by atoms with E-state index in [1.807, 2.05) is 0 Å². The first-order valence-corrected chi connectivity index (χ1v) is 3.83. The highest BCUT2D eigenvalue weighted by atomic mass is 14.0. The summed E-state index contributed by atoms with van der Waals surface area (Å²) in [5, 5.41) is 0. The second kappa shape index (κ2) is 3.44. The Bertz CT molecular complexity index is 722. The summed E-state index contributed by atoms with van der Waals surface area (Å²) in [6.07, 6.45) is 0. The minimum atomic E-state index is -0.510. The Balaban J connectivity index is 2.93. The van der Waals surface area contributed by atoms with E-state index in [4.69, 9.17) is 11.0 Å². The molecule has 0 nitrogen and oxygen atoms in total. The first-order chi connectivity index (χ1) is 9.68. The molecule has 0 amide bonds. The molecule has 0 heterocycles. The summed E-state index contributed by atoms with van der Waals surface area (Å²) in [5.74, 6) is 0. The standard InChI is InChI=1S/C13H12/c1-11-7-9-13(10-8-11)12-5-3-2-4-6-12/h2-10H,1H3/i2D,3D,4D,5D,6D,7D,8D,9D. The molecule has 64 valence electrons. The zero-order chi connectivity index (χ0) is 16.1. The number of hydrogen-bond acceptors (Lipinski definition) is 0. The second-order valence-electron chi connectivity index (χ2n) is 2.58. The third kappa shape index (κ3) is 1.78. The molecule has 0 heteroatoms. The van der Waals surface area contributed by atoms with E-state index >= 15 is 0 Å². The molecule has 0 spiro atoms. The SMILES string of the molecule is [2H]c1cc(-c2c([2H])c([2H])c([2H])c([2H])c2[2H])c([2H])c([2H])c1C. The molecule has 2 aromatic rings. The summed E-state index contributed by atoms with van der Waals surface area (Å²) in [5.41, 5.74) is 0.178. The fourth-order valence-corrected chi connectivity index (χ4v) is 0.933. The lowest BCUT2D eigenvalue weighted by atomic mass is 10.0. The van der Waals surface area contributed by atoms with Gasteiger partial charge in [0.1, 0.15) is 0 Å². The van der Waals surface area contributed by atoms with Gasteiger partial charge in [-0.25, -0.2) is 0 Å². The van der Waals surface area contributed by atoms with Crippen molar-refractivity contribution in [3.05, 3.63) is 60.0 Å². The molecular weight excluding hydrogens is 156 g/mol. The monoisotopic (exact) mass is 176 g/mol. The second-order valence-corrected chi connectivity index (χ2v) is 2.58. The largest absolute Gasteiger partial charge is 0.0629 e. The molecule has 0 aromatic heterocycles. The Labute approximate surface area is 90.1 Å². The molecule has 0 aliphatic heterocycles. The molecule has 0 saturated carbocycles. The Morgan fingerprint density at radius 2 is 1.62 bits per heavy atom. The Hall–Kier alpha value is -1.56. The summed E-state index contributed by atoms with van der Waals surface area (Å²) in [6.45, 7) is 1.54. The van der Waals surface area contributed by atoms with Crippen LogP contribution in [-0.2, 0) is 0 Å². The van der Waals surface area contributed by atoms with Crippen LogP contribution in [0, 0.1) is 6.92 Å². The summed E-state index contributed by atoms with van der Waals surface area (Å²) >= 11 is 0. The van der Waals surface area contributed by atoms with E-state index in [9.17, 15) is 0 Å². The van der Waals surface area contributed by atoms with Crippen LogP contribution in [0.5, 0.6) is 0 Å². The van der Waals surface area contributed by atoms with Gasteiger partial charge in [-0.1, -0.05) is 60.0 Å². The molecule has 2 aromatic carbocycles. The van der Waals surface area contributed by atoms with Crippen LogP contribution in [0.25, 0.3) is 11.1 Å². The topological polar surface area (TPSA) is 0 Å². The predicted molar refractivity (Wildman–Crippen MR) is 56.6 cm³/mol. The minimum Gasteiger partial charge on any atom is -0.0622 e. The number of rotatable bonds is 1. The molecule has 0 aliphatic carbocycles. The lowest BCUT2D eigenvalue weighted by molar-refractivity contribution is 1.47. The van der Waals surface area contributed by atoms with Crippen molar-refractivity contribution in [3.8, 4) is 11.1 Å². The van der Waals surface area contributed by atoms with E-state index in [-0.39, 0.29) is 29.3 Å². The highest BCUT2D eigenvalue weighted by molar-refractivity contribution is 5.63. The van der Waals surface area contributed by atoms with Crippen molar-refractivity contribution in [2.75, 3.05) is 0 Å². The van der Waals surface area contributed by atoms with Crippen molar-refractivity contribution in [1.29, 1.82) is 0 Å². The Morgan fingerprint density at radius 3 is 2.38 bits per heavy atom. The molecule has 13 heavy (non-hydrogen) atoms. The maximum Gasteiger partial charge on any atom is 0.0629 e. The minimum absolute atomic E-state index is 0.00203. The van der Waals surface area contributed by atoms with Crippen molar-refractivity contribution >= 4 is 0 Å². The number of hydrogen-bond donors (Lipinski definition) is 0. The van der Waals surface area contributed by atoms with Gasteiger partial charge in [-0.2, -0.15) is 0 Å². The lowest BCUT2D eigenvalue weighted by Crippen LogP contribution is -1.76. The van der Waals surface area contributed by atoms with Crippen LogP contribution in [0.4, 0.5) is 0 Å². The van der Waals surface area contributed by atoms with Crippen molar-refractivity contribution in [3.63, 3.8) is 0 Å². The molecule has 2 rings (SSSR count). The molecule has 0 N–H and O–H groups in total. The van der Waals surface area contributed by atoms with Gasteiger partial charge in [-0.15, -0.1) is 0 Å². The molecule has 0 unspecified atom stereocenters. The van der Waals surface area contributed by atoms with Crippen LogP contribution in [-0.4, -0.2) is 0 Å². The predicted octanol–water partition coefficient (Wildman–Crippen LogP) is 3.66. The van der Waals surface area contributed by atoms with E-state index in [0.717, 1.165) is 0 Å². The van der Waals surface area contributed by atoms with Gasteiger partial charge in [-0.05, 0) is 18.1 Å². The smallest absolute Gasteiger partial charge is 0.0622 e. The van der Waals surface area contributed by atoms with Gasteiger partial charge in [0.05, 0.1) is 11.0 Å². The van der Waals surface area contributed by atoms with Crippen molar-refractivity contribution < 1.29 is 11.0 Å². The molecule has 0 bridgehead atoms. The van der Waals surface area contributed by atoms with Crippen LogP contribution in [0.2, 0.25) is 0 Å². The average molecular weight is 176 g/mol. The molecule has 0 atom stereocenters. The van der Waals surface area contributed by atoms with Crippen molar-refractivity contribution in [1.82, 2.24) is 0 Å². The van der Waals surface area contributed by atoms with Crippen LogP contribution in [0.1, 0.15) is 16.5 Å². The fraction of sp³-hybridized carbons (Fsp3) is 0.0769. The zero-order valence-corrected chi connectivity index (χ0v) is 7.08. The van der Waals surface area contributed by atoms with E-state index in [2.05, 4.69) is 0 Å². The van der Waals surface area contributed by atoms with Gasteiger partial charge in [0.15, 0.2) is 0 Å². The van der Waals surface area contributed by atoms with Gasteiger partial charge < -0.3 is 0 Å². The molecule has 0 fully saturated rings. The van der Waals surface area contributed by atoms with Gasteiger partial charge in [-0.3, -0.25) is 0 Å². The highest BCUT2D eigenvalue weighted by Gasteiger charge is 1.93. The third-order valence-electron chi connectivity index (χ3n) is 1.59. The maximum atomic E-state index is 7.95. The van der Waals surface area contributed by atoms with Gasteiger partial charge in [0.2, 0.25) is 0 Å². The van der Waals surface area contributed by atoms with Crippen LogP contribution >= 0.6 is 0 Å². The first-order valence-electron chi connectivity index (χ1n) is 7.83. The quantitative estimate of drug-likeness (QED) is 0.622. The third-order valence-corrected chi connectivity index (χ3v) is 1.59. The van der Waals surface area contributed by atoms with Crippen LogP contribution in [0.15, 0.2) is 54.4 Å². The lowest BCUT2D eigenvalue weighted by Gasteiger charge is -2.00. The summed E-state index contributed by atoms with van der Waals surface area (Å²) in [6, 6.07) is -1.53. The summed E-state index contributed by atoms with van der Waals surface area (Å²) in [4.78, 5) is 0.